The van der Waals surface area contributed by atoms with Gasteiger partial charge >= 0.3 is 0 Å². The van der Waals surface area contributed by atoms with Crippen molar-refractivity contribution in [1.29, 1.82) is 0 Å². The van der Waals surface area contributed by atoms with E-state index in [1.54, 1.807) is 12.1 Å². The van der Waals surface area contributed by atoms with Crippen LogP contribution in [0.15, 0.2) is 70.6 Å². The van der Waals surface area contributed by atoms with Gasteiger partial charge in [0.15, 0.2) is 0 Å². The van der Waals surface area contributed by atoms with Gasteiger partial charge < -0.3 is 20.3 Å². The molecule has 1 aliphatic heterocycles. The average Bonchev–Trinajstić information content (AvgIpc) is 3.30. The normalized spacial score (nSPS) is 15.8. The predicted molar refractivity (Wildman–Crippen MR) is 126 cm³/mol. The summed E-state index contributed by atoms with van der Waals surface area (Å²) < 4.78 is 6.15. The first-order valence-electron chi connectivity index (χ1n) is 10.5. The minimum absolute atomic E-state index is 0.422. The van der Waals surface area contributed by atoms with Crippen molar-refractivity contribution < 1.29 is 9.53 Å². The fraction of sp³-hybridized carbons (Fsp3) is 0.292. The van der Waals surface area contributed by atoms with Crippen molar-refractivity contribution in [3.05, 3.63) is 71.9 Å². The molecule has 0 spiro atoms. The second-order valence-corrected chi connectivity index (χ2v) is 9.07. The maximum absolute atomic E-state index is 11.3. The molecule has 1 unspecified atom stereocenters. The standard InChI is InChI=1S/C24H27N5O2S/c1-28(2)19-12-13-29(15-19)24-26-14-21(32-20-10-8-18(9-11-20)22(25)30)23(27-24)31-16-17-6-4-3-5-7-17/h3-11,14,19H,12-13,15-16H2,1-2H3,(H2,25,30). The lowest BCUT2D eigenvalue weighted by atomic mass is 10.2. The molecule has 166 valence electrons. The van der Waals surface area contributed by atoms with E-state index < -0.39 is 5.91 Å². The highest BCUT2D eigenvalue weighted by molar-refractivity contribution is 7.99. The minimum Gasteiger partial charge on any atom is -0.472 e. The first kappa shape index (κ1) is 22.1. The molecular formula is C24H27N5O2S. The number of hydrogen-bond donors (Lipinski definition) is 1. The van der Waals surface area contributed by atoms with Crippen LogP contribution >= 0.6 is 11.8 Å². The number of aromatic nitrogens is 2. The van der Waals surface area contributed by atoms with Gasteiger partial charge in [-0.15, -0.1) is 0 Å². The Kier molecular flexibility index (Phi) is 6.92. The van der Waals surface area contributed by atoms with Crippen LogP contribution in [0.25, 0.3) is 0 Å². The molecule has 1 saturated heterocycles. The number of hydrogen-bond acceptors (Lipinski definition) is 7. The summed E-state index contributed by atoms with van der Waals surface area (Å²) in [5.74, 6) is 0.796. The maximum Gasteiger partial charge on any atom is 0.248 e. The summed E-state index contributed by atoms with van der Waals surface area (Å²) in [4.78, 5) is 27.0. The van der Waals surface area contributed by atoms with Gasteiger partial charge in [0.05, 0.1) is 11.1 Å². The Labute approximate surface area is 192 Å². The quantitative estimate of drug-likeness (QED) is 0.564. The van der Waals surface area contributed by atoms with Crippen molar-refractivity contribution in [3.63, 3.8) is 0 Å². The smallest absolute Gasteiger partial charge is 0.248 e. The van der Waals surface area contributed by atoms with E-state index in [0.29, 0.717) is 30.0 Å². The lowest BCUT2D eigenvalue weighted by Gasteiger charge is -2.21. The molecule has 8 heteroatoms. The Morgan fingerprint density at radius 3 is 2.59 bits per heavy atom. The number of carbonyl (C=O) groups excluding carboxylic acids is 1. The van der Waals surface area contributed by atoms with Gasteiger partial charge in [-0.1, -0.05) is 42.1 Å². The molecule has 0 aliphatic carbocycles. The summed E-state index contributed by atoms with van der Waals surface area (Å²) in [5, 5.41) is 0. The average molecular weight is 450 g/mol. The number of likely N-dealkylation sites (N-methyl/N-ethyl adjacent to an activating group) is 1. The number of rotatable bonds is 8. The van der Waals surface area contributed by atoms with Gasteiger partial charge in [-0.25, -0.2) is 4.98 Å². The third-order valence-electron chi connectivity index (χ3n) is 5.47. The van der Waals surface area contributed by atoms with Crippen LogP contribution in [0, 0.1) is 0 Å². The zero-order valence-corrected chi connectivity index (χ0v) is 19.1. The molecular weight excluding hydrogens is 422 g/mol. The number of amides is 1. The van der Waals surface area contributed by atoms with Crippen LogP contribution in [-0.2, 0) is 6.61 Å². The van der Waals surface area contributed by atoms with Gasteiger partial charge in [0.1, 0.15) is 6.61 Å². The van der Waals surface area contributed by atoms with Crippen molar-refractivity contribution in [2.24, 2.45) is 5.73 Å². The van der Waals surface area contributed by atoms with Gasteiger partial charge in [-0.2, -0.15) is 4.98 Å². The second-order valence-electron chi connectivity index (χ2n) is 7.96. The summed E-state index contributed by atoms with van der Waals surface area (Å²) in [5.41, 5.74) is 6.90. The number of carbonyl (C=O) groups is 1. The zero-order valence-electron chi connectivity index (χ0n) is 18.3. The number of ether oxygens (including phenoxy) is 1. The van der Waals surface area contributed by atoms with E-state index in [1.807, 2.05) is 48.7 Å². The molecule has 2 aromatic carbocycles. The van der Waals surface area contributed by atoms with Crippen LogP contribution in [-0.4, -0.2) is 54.0 Å². The van der Waals surface area contributed by atoms with E-state index in [0.717, 1.165) is 34.9 Å². The molecule has 2 N–H and O–H groups in total. The molecule has 3 aromatic rings. The fourth-order valence-corrected chi connectivity index (χ4v) is 4.38. The lowest BCUT2D eigenvalue weighted by molar-refractivity contribution is 0.1000. The first-order chi connectivity index (χ1) is 15.5. The summed E-state index contributed by atoms with van der Waals surface area (Å²) in [7, 11) is 4.21. The summed E-state index contributed by atoms with van der Waals surface area (Å²) in [6, 6.07) is 17.7. The van der Waals surface area contributed by atoms with Crippen LogP contribution in [0.5, 0.6) is 5.88 Å². The topological polar surface area (TPSA) is 84.6 Å². The Bertz CT molecular complexity index is 1060. The number of primary amides is 1. The number of anilines is 1. The number of benzene rings is 2. The van der Waals surface area contributed by atoms with Gasteiger partial charge in [0.25, 0.3) is 0 Å². The molecule has 0 bridgehead atoms. The van der Waals surface area contributed by atoms with Crippen molar-refractivity contribution in [3.8, 4) is 5.88 Å². The highest BCUT2D eigenvalue weighted by atomic mass is 32.2. The van der Waals surface area contributed by atoms with Crippen LogP contribution in [0.3, 0.4) is 0 Å². The molecule has 32 heavy (non-hydrogen) atoms. The highest BCUT2D eigenvalue weighted by Crippen LogP contribution is 2.35. The summed E-state index contributed by atoms with van der Waals surface area (Å²) in [6.07, 6.45) is 2.90. The van der Waals surface area contributed by atoms with Crippen LogP contribution in [0.1, 0.15) is 22.3 Å². The molecule has 0 radical (unpaired) electrons. The van der Waals surface area contributed by atoms with Crippen molar-refractivity contribution in [2.45, 2.75) is 28.9 Å². The van der Waals surface area contributed by atoms with Crippen LogP contribution in [0.2, 0.25) is 0 Å². The monoisotopic (exact) mass is 449 g/mol. The zero-order chi connectivity index (χ0) is 22.5. The molecule has 7 nitrogen and oxygen atoms in total. The minimum atomic E-state index is -0.442. The van der Waals surface area contributed by atoms with Gasteiger partial charge in [0.2, 0.25) is 17.7 Å². The summed E-state index contributed by atoms with van der Waals surface area (Å²) in [6.45, 7) is 2.24. The third kappa shape index (κ3) is 5.38. The molecule has 1 atom stereocenters. The lowest BCUT2D eigenvalue weighted by Crippen LogP contribution is -2.32. The fourth-order valence-electron chi connectivity index (χ4n) is 3.56. The molecule has 0 saturated carbocycles. The SMILES string of the molecule is CN(C)C1CCN(c2ncc(Sc3ccc(C(N)=O)cc3)c(OCc3ccccc3)n2)C1. The Morgan fingerprint density at radius 1 is 1.19 bits per heavy atom. The number of nitrogens with two attached hydrogens (primary N) is 1. The molecule has 1 aliphatic rings. The van der Waals surface area contributed by atoms with Crippen molar-refractivity contribution in [2.75, 3.05) is 32.1 Å². The van der Waals surface area contributed by atoms with Crippen molar-refractivity contribution >= 4 is 23.6 Å². The Hall–Kier alpha value is -3.10. The van der Waals surface area contributed by atoms with E-state index in [9.17, 15) is 4.79 Å². The first-order valence-corrected chi connectivity index (χ1v) is 11.3. The van der Waals surface area contributed by atoms with E-state index >= 15 is 0 Å². The summed E-state index contributed by atoms with van der Waals surface area (Å²) >= 11 is 1.50. The maximum atomic E-state index is 11.3. The predicted octanol–water partition coefficient (Wildman–Crippen LogP) is 3.45. The second kappa shape index (κ2) is 10.0. The van der Waals surface area contributed by atoms with E-state index in [-0.39, 0.29) is 0 Å². The van der Waals surface area contributed by atoms with E-state index in [2.05, 4.69) is 28.9 Å². The molecule has 4 rings (SSSR count). The van der Waals surface area contributed by atoms with E-state index in [4.69, 9.17) is 15.5 Å². The molecule has 2 heterocycles. The Balaban J connectivity index is 1.57. The van der Waals surface area contributed by atoms with Gasteiger partial charge in [-0.05, 0) is 50.3 Å². The third-order valence-corrected chi connectivity index (χ3v) is 6.48. The van der Waals surface area contributed by atoms with Crippen molar-refractivity contribution in [1.82, 2.24) is 14.9 Å². The van der Waals surface area contributed by atoms with Gasteiger partial charge in [0, 0.05) is 29.6 Å². The largest absolute Gasteiger partial charge is 0.472 e. The van der Waals surface area contributed by atoms with Crippen LogP contribution < -0.4 is 15.4 Å². The molecule has 1 fully saturated rings. The van der Waals surface area contributed by atoms with E-state index in [1.165, 1.54) is 11.8 Å². The van der Waals surface area contributed by atoms with Gasteiger partial charge in [-0.3, -0.25) is 4.79 Å². The number of nitrogens with zero attached hydrogens (tertiary/aromatic N) is 4. The van der Waals surface area contributed by atoms with Crippen LogP contribution in [0.4, 0.5) is 5.95 Å². The Morgan fingerprint density at radius 2 is 1.94 bits per heavy atom. The molecule has 1 amide bonds. The molecule has 1 aromatic heterocycles. The highest BCUT2D eigenvalue weighted by Gasteiger charge is 2.26.